The lowest BCUT2D eigenvalue weighted by Crippen LogP contribution is -2.48. The minimum absolute atomic E-state index is 0.0518. The fourth-order valence-corrected chi connectivity index (χ4v) is 3.91. The molecule has 1 aromatic rings. The van der Waals surface area contributed by atoms with E-state index < -0.39 is 11.2 Å². The second kappa shape index (κ2) is 6.17. The van der Waals surface area contributed by atoms with Crippen LogP contribution >= 0.6 is 0 Å². The molecule has 3 fully saturated rings. The van der Waals surface area contributed by atoms with Crippen LogP contribution in [-0.2, 0) is 11.3 Å². The van der Waals surface area contributed by atoms with Crippen LogP contribution in [0.25, 0.3) is 0 Å². The quantitative estimate of drug-likeness (QED) is 0.803. The van der Waals surface area contributed by atoms with E-state index in [4.69, 9.17) is 0 Å². The van der Waals surface area contributed by atoms with Gasteiger partial charge in [0.25, 0.3) is 5.56 Å². The Bertz CT molecular complexity index is 849. The SMILES string of the molecule is N#Cc1cn(C2CC2)c(=O)n(CC(=O)N(C2CCCC2)C2CC2)c1=O. The van der Waals surface area contributed by atoms with Gasteiger partial charge in [-0.3, -0.25) is 14.2 Å². The molecule has 1 amide bonds. The summed E-state index contributed by atoms with van der Waals surface area (Å²) >= 11 is 0. The molecular weight excluding hydrogens is 320 g/mol. The number of carbonyl (C=O) groups excluding carboxylic acids is 1. The fourth-order valence-electron chi connectivity index (χ4n) is 3.91. The van der Waals surface area contributed by atoms with Gasteiger partial charge in [0.1, 0.15) is 18.2 Å². The van der Waals surface area contributed by atoms with Crippen molar-refractivity contribution in [2.24, 2.45) is 0 Å². The average molecular weight is 342 g/mol. The second-order valence-electron chi connectivity index (χ2n) is 7.44. The second-order valence-corrected chi connectivity index (χ2v) is 7.44. The smallest absolute Gasteiger partial charge is 0.331 e. The molecule has 0 bridgehead atoms. The number of hydrogen-bond acceptors (Lipinski definition) is 4. The third kappa shape index (κ3) is 3.01. The monoisotopic (exact) mass is 342 g/mol. The van der Waals surface area contributed by atoms with Crippen LogP contribution in [0.5, 0.6) is 0 Å². The number of aromatic nitrogens is 2. The molecule has 0 atom stereocenters. The van der Waals surface area contributed by atoms with Crippen LogP contribution < -0.4 is 11.2 Å². The van der Waals surface area contributed by atoms with E-state index in [9.17, 15) is 19.6 Å². The first-order chi connectivity index (χ1) is 12.1. The van der Waals surface area contributed by atoms with Crippen LogP contribution in [0, 0.1) is 11.3 Å². The number of hydrogen-bond donors (Lipinski definition) is 0. The number of amides is 1. The number of nitrogens with zero attached hydrogens (tertiary/aromatic N) is 4. The molecule has 7 nitrogen and oxygen atoms in total. The Morgan fingerprint density at radius 3 is 2.32 bits per heavy atom. The normalized spacial score (nSPS) is 20.4. The van der Waals surface area contributed by atoms with Crippen molar-refractivity contribution in [3.05, 3.63) is 32.6 Å². The maximum Gasteiger partial charge on any atom is 0.331 e. The summed E-state index contributed by atoms with van der Waals surface area (Å²) in [6.45, 7) is -0.257. The van der Waals surface area contributed by atoms with Crippen molar-refractivity contribution in [3.8, 4) is 6.07 Å². The van der Waals surface area contributed by atoms with Crippen LogP contribution in [0.2, 0.25) is 0 Å². The molecule has 1 aromatic heterocycles. The zero-order chi connectivity index (χ0) is 17.6. The maximum absolute atomic E-state index is 12.9. The van der Waals surface area contributed by atoms with E-state index in [2.05, 4.69) is 0 Å². The van der Waals surface area contributed by atoms with Gasteiger partial charge < -0.3 is 4.90 Å². The molecule has 0 radical (unpaired) electrons. The summed E-state index contributed by atoms with van der Waals surface area (Å²) in [4.78, 5) is 39.9. The molecule has 25 heavy (non-hydrogen) atoms. The van der Waals surface area contributed by atoms with Gasteiger partial charge in [0.15, 0.2) is 0 Å². The van der Waals surface area contributed by atoms with Gasteiger partial charge in [-0.15, -0.1) is 0 Å². The van der Waals surface area contributed by atoms with Gasteiger partial charge in [0.2, 0.25) is 5.91 Å². The molecule has 0 aliphatic heterocycles. The molecule has 0 spiro atoms. The highest BCUT2D eigenvalue weighted by Gasteiger charge is 2.38. The number of rotatable bonds is 5. The van der Waals surface area contributed by atoms with E-state index >= 15 is 0 Å². The first-order valence-corrected chi connectivity index (χ1v) is 9.17. The van der Waals surface area contributed by atoms with Gasteiger partial charge in [-0.2, -0.15) is 5.26 Å². The van der Waals surface area contributed by atoms with Crippen molar-refractivity contribution < 1.29 is 4.79 Å². The molecule has 132 valence electrons. The van der Waals surface area contributed by atoms with Crippen LogP contribution in [0.4, 0.5) is 0 Å². The standard InChI is InChI=1S/C18H22N4O3/c19-9-12-10-20(13-5-6-13)18(25)21(17(12)24)11-16(23)22(15-7-8-15)14-3-1-2-4-14/h10,13-15H,1-8,11H2. The zero-order valence-electron chi connectivity index (χ0n) is 14.2. The molecular formula is C18H22N4O3. The Morgan fingerprint density at radius 1 is 1.12 bits per heavy atom. The van der Waals surface area contributed by atoms with Gasteiger partial charge in [-0.25, -0.2) is 9.36 Å². The van der Waals surface area contributed by atoms with Gasteiger partial charge in [0, 0.05) is 24.3 Å². The van der Waals surface area contributed by atoms with Crippen molar-refractivity contribution in [2.75, 3.05) is 0 Å². The van der Waals surface area contributed by atoms with Gasteiger partial charge >= 0.3 is 5.69 Å². The molecule has 7 heteroatoms. The fraction of sp³-hybridized carbons (Fsp3) is 0.667. The minimum Gasteiger partial charge on any atom is -0.335 e. The largest absolute Gasteiger partial charge is 0.335 e. The summed E-state index contributed by atoms with van der Waals surface area (Å²) in [7, 11) is 0. The van der Waals surface area contributed by atoms with Gasteiger partial charge in [-0.1, -0.05) is 12.8 Å². The third-order valence-electron chi connectivity index (χ3n) is 5.50. The summed E-state index contributed by atoms with van der Waals surface area (Å²) in [5.41, 5.74) is -1.19. The third-order valence-corrected chi connectivity index (χ3v) is 5.50. The predicted octanol–water partition coefficient (Wildman–Crippen LogP) is 1.15. The lowest BCUT2D eigenvalue weighted by Gasteiger charge is -2.29. The van der Waals surface area contributed by atoms with Crippen LogP contribution in [0.1, 0.15) is 63.0 Å². The zero-order valence-corrected chi connectivity index (χ0v) is 14.2. The Balaban J connectivity index is 1.66. The molecule has 3 aliphatic rings. The van der Waals surface area contributed by atoms with Crippen molar-refractivity contribution in [1.82, 2.24) is 14.0 Å². The Labute approximate surface area is 145 Å². The minimum atomic E-state index is -0.653. The van der Waals surface area contributed by atoms with E-state index in [0.29, 0.717) is 0 Å². The molecule has 0 saturated heterocycles. The number of carbonyl (C=O) groups is 1. The Morgan fingerprint density at radius 2 is 1.76 bits per heavy atom. The summed E-state index contributed by atoms with van der Waals surface area (Å²) in [5.74, 6) is -0.161. The maximum atomic E-state index is 12.9. The summed E-state index contributed by atoms with van der Waals surface area (Å²) in [5, 5.41) is 9.20. The lowest BCUT2D eigenvalue weighted by atomic mass is 10.2. The molecule has 0 N–H and O–H groups in total. The topological polar surface area (TPSA) is 88.1 Å². The number of nitriles is 1. The van der Waals surface area contributed by atoms with Crippen molar-refractivity contribution >= 4 is 5.91 Å². The summed E-state index contributed by atoms with van der Waals surface area (Å²) in [6, 6.07) is 2.41. The summed E-state index contributed by atoms with van der Waals surface area (Å²) in [6.07, 6.45) is 9.34. The van der Waals surface area contributed by atoms with E-state index in [-0.39, 0.29) is 36.1 Å². The van der Waals surface area contributed by atoms with Crippen molar-refractivity contribution in [2.45, 2.75) is 76.0 Å². The van der Waals surface area contributed by atoms with E-state index in [1.165, 1.54) is 10.8 Å². The van der Waals surface area contributed by atoms with Crippen LogP contribution in [0.15, 0.2) is 15.8 Å². The van der Waals surface area contributed by atoms with E-state index in [0.717, 1.165) is 55.9 Å². The molecule has 3 aliphatic carbocycles. The first-order valence-electron chi connectivity index (χ1n) is 9.17. The van der Waals surface area contributed by atoms with Gasteiger partial charge in [0.05, 0.1) is 0 Å². The molecule has 0 aromatic carbocycles. The molecule has 4 rings (SSSR count). The highest BCUT2D eigenvalue weighted by molar-refractivity contribution is 5.77. The van der Waals surface area contributed by atoms with Crippen LogP contribution in [0.3, 0.4) is 0 Å². The van der Waals surface area contributed by atoms with Crippen molar-refractivity contribution in [1.29, 1.82) is 5.26 Å². The Hall–Kier alpha value is -2.36. The highest BCUT2D eigenvalue weighted by Crippen LogP contribution is 2.35. The van der Waals surface area contributed by atoms with E-state index in [1.54, 1.807) is 0 Å². The van der Waals surface area contributed by atoms with Crippen LogP contribution in [-0.4, -0.2) is 32.0 Å². The average Bonchev–Trinajstić information content (AvgIpc) is 3.52. The molecule has 1 heterocycles. The van der Waals surface area contributed by atoms with Gasteiger partial charge in [-0.05, 0) is 38.5 Å². The first kappa shape index (κ1) is 16.1. The van der Waals surface area contributed by atoms with Crippen molar-refractivity contribution in [3.63, 3.8) is 0 Å². The Kier molecular flexibility index (Phi) is 3.98. The van der Waals surface area contributed by atoms with E-state index in [1.807, 2.05) is 11.0 Å². The molecule has 3 saturated carbocycles. The predicted molar refractivity (Wildman–Crippen MR) is 90.1 cm³/mol. The highest BCUT2D eigenvalue weighted by atomic mass is 16.2. The lowest BCUT2D eigenvalue weighted by molar-refractivity contribution is -0.134. The summed E-state index contributed by atoms with van der Waals surface area (Å²) < 4.78 is 2.41. The molecule has 0 unspecified atom stereocenters.